The molecule has 0 fully saturated rings. The van der Waals surface area contributed by atoms with Crippen LogP contribution in [0.4, 0.5) is 0 Å². The molecule has 0 N–H and O–H groups in total. The van der Waals surface area contributed by atoms with Gasteiger partial charge in [-0.1, -0.05) is 140 Å². The lowest BCUT2D eigenvalue weighted by Gasteiger charge is -2.15. The van der Waals surface area contributed by atoms with Crippen molar-refractivity contribution in [2.45, 2.75) is 0 Å². The second-order valence-electron chi connectivity index (χ2n) is 14.5. The molecule has 0 aliphatic heterocycles. The molecule has 3 heteroatoms. The third kappa shape index (κ3) is 3.36. The largest absolute Gasteiger partial charge is 0.309 e. The minimum atomic E-state index is 1.15. The SMILES string of the molecule is c1cc(-n2c3ccccc3c3ccccc32)cc(-n2c3c4ccccc4ccc3c3c4c5cccc6c7ccccc7n(c65)c4c4ccccc4c32)c1. The molecular weight excluding hydrogens is 643 g/mol. The third-order valence-electron chi connectivity index (χ3n) is 11.9. The van der Waals surface area contributed by atoms with Gasteiger partial charge >= 0.3 is 0 Å². The zero-order valence-corrected chi connectivity index (χ0v) is 28.6. The molecule has 4 heterocycles. The van der Waals surface area contributed by atoms with E-state index in [4.69, 9.17) is 0 Å². The van der Waals surface area contributed by atoms with E-state index in [0.717, 1.165) is 11.4 Å². The van der Waals surface area contributed by atoms with Gasteiger partial charge in [-0.3, -0.25) is 0 Å². The molecule has 0 radical (unpaired) electrons. The maximum Gasteiger partial charge on any atom is 0.0627 e. The summed E-state index contributed by atoms with van der Waals surface area (Å²) in [5, 5.41) is 15.4. The molecule has 4 aromatic heterocycles. The van der Waals surface area contributed by atoms with E-state index in [1.54, 1.807) is 0 Å². The lowest BCUT2D eigenvalue weighted by Crippen LogP contribution is -1.99. The predicted octanol–water partition coefficient (Wildman–Crippen LogP) is 13.3. The highest BCUT2D eigenvalue weighted by atomic mass is 15.0. The van der Waals surface area contributed by atoms with E-state index in [2.05, 4.69) is 189 Å². The van der Waals surface area contributed by atoms with Gasteiger partial charge in [-0.15, -0.1) is 0 Å². The van der Waals surface area contributed by atoms with Gasteiger partial charge in [0.1, 0.15) is 0 Å². The highest BCUT2D eigenvalue weighted by Gasteiger charge is 2.26. The highest BCUT2D eigenvalue weighted by Crippen LogP contribution is 2.49. The van der Waals surface area contributed by atoms with Gasteiger partial charge in [0.2, 0.25) is 0 Å². The van der Waals surface area contributed by atoms with Crippen molar-refractivity contribution in [2.24, 2.45) is 0 Å². The summed E-state index contributed by atoms with van der Waals surface area (Å²) < 4.78 is 7.54. The standard InChI is InChI=1S/C50H29N3/c1-2-16-33-30(13-1)27-28-41-46-45-40-23-12-22-37-36-19-7-10-26-44(36)53(48(37)40)50(45)39-21-4-3-20-38(39)49(46)52(47(33)41)32-15-11-14-31(29-32)51-42-24-8-5-17-34(42)35-18-6-9-25-43(35)51/h1-29H. The molecule has 9 aromatic carbocycles. The molecule has 0 aliphatic rings. The van der Waals surface area contributed by atoms with E-state index in [0.29, 0.717) is 0 Å². The van der Waals surface area contributed by atoms with Crippen LogP contribution in [0.1, 0.15) is 0 Å². The van der Waals surface area contributed by atoms with Gasteiger partial charge in [-0.05, 0) is 41.8 Å². The number of hydrogen-bond acceptors (Lipinski definition) is 0. The zero-order valence-electron chi connectivity index (χ0n) is 28.6. The summed E-state index contributed by atoms with van der Waals surface area (Å²) in [4.78, 5) is 0. The van der Waals surface area contributed by atoms with E-state index in [-0.39, 0.29) is 0 Å². The first kappa shape index (κ1) is 27.6. The van der Waals surface area contributed by atoms with Gasteiger partial charge < -0.3 is 13.5 Å². The number of fused-ring (bicyclic) bond motifs is 18. The smallest absolute Gasteiger partial charge is 0.0627 e. The molecule has 13 rings (SSSR count). The maximum atomic E-state index is 2.57. The molecular formula is C50H29N3. The topological polar surface area (TPSA) is 14.3 Å². The molecule has 0 saturated heterocycles. The minimum Gasteiger partial charge on any atom is -0.309 e. The van der Waals surface area contributed by atoms with Crippen molar-refractivity contribution in [1.29, 1.82) is 0 Å². The van der Waals surface area contributed by atoms with E-state index in [1.165, 1.54) is 103 Å². The Balaban J connectivity index is 1.27. The van der Waals surface area contributed by atoms with Crippen molar-refractivity contribution in [3.05, 3.63) is 176 Å². The molecule has 0 atom stereocenters. The monoisotopic (exact) mass is 671 g/mol. The summed E-state index contributed by atoms with van der Waals surface area (Å²) in [6.45, 7) is 0. The van der Waals surface area contributed by atoms with E-state index < -0.39 is 0 Å². The van der Waals surface area contributed by atoms with Crippen molar-refractivity contribution < 1.29 is 0 Å². The Kier molecular flexibility index (Phi) is 5.11. The molecule has 13 aromatic rings. The van der Waals surface area contributed by atoms with Crippen LogP contribution in [0, 0.1) is 0 Å². The van der Waals surface area contributed by atoms with Gasteiger partial charge in [-0.25, -0.2) is 0 Å². The van der Waals surface area contributed by atoms with Gasteiger partial charge in [0, 0.05) is 70.6 Å². The van der Waals surface area contributed by atoms with Crippen molar-refractivity contribution in [2.75, 3.05) is 0 Å². The summed E-state index contributed by atoms with van der Waals surface area (Å²) in [7, 11) is 0. The lowest BCUT2D eigenvalue weighted by atomic mass is 9.97. The molecule has 244 valence electrons. The first-order chi connectivity index (χ1) is 26.3. The number of nitrogens with zero attached hydrogens (tertiary/aromatic N) is 3. The average molecular weight is 672 g/mol. The van der Waals surface area contributed by atoms with E-state index in [1.807, 2.05) is 0 Å². The minimum absolute atomic E-state index is 1.15. The van der Waals surface area contributed by atoms with Gasteiger partial charge in [0.05, 0.1) is 38.6 Å². The Hall–Kier alpha value is -7.10. The summed E-state index contributed by atoms with van der Waals surface area (Å²) in [5.41, 5.74) is 11.0. The fraction of sp³-hybridized carbons (Fsp3) is 0. The molecule has 0 spiro atoms. The molecule has 53 heavy (non-hydrogen) atoms. The van der Waals surface area contributed by atoms with E-state index in [9.17, 15) is 0 Å². The normalized spacial score (nSPS) is 12.5. The van der Waals surface area contributed by atoms with Crippen LogP contribution in [0.3, 0.4) is 0 Å². The van der Waals surface area contributed by atoms with Gasteiger partial charge in [0.15, 0.2) is 0 Å². The zero-order chi connectivity index (χ0) is 34.4. The third-order valence-corrected chi connectivity index (χ3v) is 11.9. The Morgan fingerprint density at radius 3 is 1.47 bits per heavy atom. The molecule has 0 unspecified atom stereocenters. The Labute approximate surface area is 303 Å². The van der Waals surface area contributed by atoms with Crippen LogP contribution in [-0.4, -0.2) is 13.5 Å². The first-order valence-electron chi connectivity index (χ1n) is 18.4. The van der Waals surface area contributed by atoms with Crippen LogP contribution in [-0.2, 0) is 0 Å². The maximum absolute atomic E-state index is 2.57. The molecule has 3 nitrogen and oxygen atoms in total. The van der Waals surface area contributed by atoms with Crippen LogP contribution >= 0.6 is 0 Å². The number of para-hydroxylation sites is 4. The van der Waals surface area contributed by atoms with Crippen molar-refractivity contribution >= 4 is 103 Å². The summed E-state index contributed by atoms with van der Waals surface area (Å²) in [6.07, 6.45) is 0. The first-order valence-corrected chi connectivity index (χ1v) is 18.4. The number of hydrogen-bond donors (Lipinski definition) is 0. The summed E-state index contributed by atoms with van der Waals surface area (Å²) >= 11 is 0. The predicted molar refractivity (Wildman–Crippen MR) is 225 cm³/mol. The Bertz CT molecular complexity index is 3630. The second kappa shape index (κ2) is 9.81. The molecule has 0 amide bonds. The lowest BCUT2D eigenvalue weighted by molar-refractivity contribution is 1.14. The van der Waals surface area contributed by atoms with Crippen LogP contribution in [0.25, 0.3) is 115 Å². The molecule has 0 bridgehead atoms. The van der Waals surface area contributed by atoms with Crippen molar-refractivity contribution in [1.82, 2.24) is 13.5 Å². The van der Waals surface area contributed by atoms with Crippen LogP contribution < -0.4 is 0 Å². The van der Waals surface area contributed by atoms with Crippen molar-refractivity contribution in [3.8, 4) is 11.4 Å². The Morgan fingerprint density at radius 1 is 0.264 bits per heavy atom. The summed E-state index contributed by atoms with van der Waals surface area (Å²) in [5.74, 6) is 0. The number of aromatic nitrogens is 3. The summed E-state index contributed by atoms with van der Waals surface area (Å²) in [6, 6.07) is 65.1. The fourth-order valence-corrected chi connectivity index (χ4v) is 9.88. The number of benzene rings is 9. The molecule has 0 aliphatic carbocycles. The van der Waals surface area contributed by atoms with Crippen LogP contribution in [0.5, 0.6) is 0 Å². The van der Waals surface area contributed by atoms with Crippen LogP contribution in [0.15, 0.2) is 176 Å². The quantitative estimate of drug-likeness (QED) is 0.174. The molecule has 0 saturated carbocycles. The van der Waals surface area contributed by atoms with Crippen molar-refractivity contribution in [3.63, 3.8) is 0 Å². The van der Waals surface area contributed by atoms with Crippen LogP contribution in [0.2, 0.25) is 0 Å². The Morgan fingerprint density at radius 2 is 0.736 bits per heavy atom. The van der Waals surface area contributed by atoms with Gasteiger partial charge in [-0.2, -0.15) is 0 Å². The fourth-order valence-electron chi connectivity index (χ4n) is 9.88. The number of rotatable bonds is 2. The second-order valence-corrected chi connectivity index (χ2v) is 14.5. The highest BCUT2D eigenvalue weighted by molar-refractivity contribution is 6.40. The van der Waals surface area contributed by atoms with E-state index >= 15 is 0 Å². The average Bonchev–Trinajstić information content (AvgIpc) is 3.96. The van der Waals surface area contributed by atoms with Gasteiger partial charge in [0.25, 0.3) is 0 Å².